The minimum atomic E-state index is -0.580. The second-order valence-electron chi connectivity index (χ2n) is 5.04. The molecule has 5 heteroatoms. The van der Waals surface area contributed by atoms with Crippen LogP contribution in [0.3, 0.4) is 0 Å². The maximum Gasteiger partial charge on any atom is 0.261 e. The molecule has 3 nitrogen and oxygen atoms in total. The van der Waals surface area contributed by atoms with Crippen LogP contribution in [0, 0.1) is 0 Å². The van der Waals surface area contributed by atoms with Gasteiger partial charge in [0.25, 0.3) is 5.91 Å². The van der Waals surface area contributed by atoms with Crippen molar-refractivity contribution in [2.75, 3.05) is 0 Å². The summed E-state index contributed by atoms with van der Waals surface area (Å²) in [4.78, 5) is 12.2. The average Bonchev–Trinajstić information content (AvgIpc) is 2.28. The van der Waals surface area contributed by atoms with Crippen LogP contribution in [0.4, 0.5) is 0 Å². The minimum absolute atomic E-state index is 0.155. The van der Waals surface area contributed by atoms with E-state index in [0.717, 1.165) is 0 Å². The number of hydrogen-bond acceptors (Lipinski definition) is 2. The zero-order valence-corrected chi connectivity index (χ0v) is 13.9. The van der Waals surface area contributed by atoms with Gasteiger partial charge in [-0.1, -0.05) is 40.5 Å². The van der Waals surface area contributed by atoms with Gasteiger partial charge >= 0.3 is 0 Å². The van der Waals surface area contributed by atoms with Crippen molar-refractivity contribution in [1.82, 2.24) is 5.32 Å². The number of alkyl halides is 1. The largest absolute Gasteiger partial charge is 0.481 e. The summed E-state index contributed by atoms with van der Waals surface area (Å²) in [5, 5.41) is 3.53. The van der Waals surface area contributed by atoms with E-state index >= 15 is 0 Å². The second-order valence-corrected chi connectivity index (χ2v) is 6.85. The lowest BCUT2D eigenvalue weighted by atomic mass is 10.0. The van der Waals surface area contributed by atoms with Gasteiger partial charge in [-0.2, -0.15) is 0 Å². The molecule has 0 bridgehead atoms. The van der Waals surface area contributed by atoms with Gasteiger partial charge in [0, 0.05) is 15.4 Å². The maximum absolute atomic E-state index is 12.1. The molecule has 0 saturated carbocycles. The Hall–Kier alpha value is -0.740. The molecule has 0 aliphatic carbocycles. The average molecular weight is 349 g/mol. The Morgan fingerprint density at radius 2 is 2.05 bits per heavy atom. The van der Waals surface area contributed by atoms with Crippen molar-refractivity contribution in [3.63, 3.8) is 0 Å². The van der Waals surface area contributed by atoms with Gasteiger partial charge in [0.1, 0.15) is 5.75 Å². The van der Waals surface area contributed by atoms with Crippen molar-refractivity contribution in [1.29, 1.82) is 0 Å². The van der Waals surface area contributed by atoms with Gasteiger partial charge in [0.15, 0.2) is 6.10 Å². The Morgan fingerprint density at radius 1 is 1.42 bits per heavy atom. The highest BCUT2D eigenvalue weighted by Crippen LogP contribution is 2.20. The fourth-order valence-corrected chi connectivity index (χ4v) is 1.61. The molecular weight excluding hydrogens is 330 g/mol. The van der Waals surface area contributed by atoms with E-state index in [0.29, 0.717) is 10.8 Å². The smallest absolute Gasteiger partial charge is 0.261 e. The van der Waals surface area contributed by atoms with Crippen LogP contribution in [0.1, 0.15) is 27.7 Å². The molecule has 1 N–H and O–H groups in total. The monoisotopic (exact) mass is 347 g/mol. The van der Waals surface area contributed by atoms with Crippen molar-refractivity contribution < 1.29 is 9.53 Å². The molecule has 0 saturated heterocycles. The van der Waals surface area contributed by atoms with Crippen LogP contribution in [-0.2, 0) is 4.79 Å². The van der Waals surface area contributed by atoms with Crippen molar-refractivity contribution in [2.45, 2.75) is 44.2 Å². The normalized spacial score (nSPS) is 14.6. The highest BCUT2D eigenvalue weighted by Gasteiger charge is 2.28. The topological polar surface area (TPSA) is 38.3 Å². The lowest BCUT2D eigenvalue weighted by Gasteiger charge is -2.30. The summed E-state index contributed by atoms with van der Waals surface area (Å²) >= 11 is 9.35. The Balaban J connectivity index is 2.63. The van der Waals surface area contributed by atoms with Gasteiger partial charge < -0.3 is 10.1 Å². The molecule has 1 aromatic rings. The van der Waals surface area contributed by atoms with Gasteiger partial charge in [-0.25, -0.2) is 0 Å². The predicted octanol–water partition coefficient (Wildman–Crippen LogP) is 3.79. The summed E-state index contributed by atoms with van der Waals surface area (Å²) in [5.41, 5.74) is -0.344. The van der Waals surface area contributed by atoms with E-state index in [2.05, 4.69) is 21.2 Å². The van der Waals surface area contributed by atoms with E-state index in [-0.39, 0.29) is 16.3 Å². The van der Waals surface area contributed by atoms with Crippen LogP contribution in [0.5, 0.6) is 5.75 Å². The quantitative estimate of drug-likeness (QED) is 0.822. The van der Waals surface area contributed by atoms with Crippen LogP contribution in [-0.4, -0.2) is 22.4 Å². The van der Waals surface area contributed by atoms with Crippen molar-refractivity contribution in [3.05, 3.63) is 29.3 Å². The molecule has 0 aliphatic rings. The number of halogens is 2. The first-order valence-corrected chi connectivity index (χ1v) is 7.40. The maximum atomic E-state index is 12.1. The summed E-state index contributed by atoms with van der Waals surface area (Å²) in [6.45, 7) is 7.61. The van der Waals surface area contributed by atoms with Crippen LogP contribution in [0.15, 0.2) is 24.3 Å². The van der Waals surface area contributed by atoms with Gasteiger partial charge in [-0.3, -0.25) is 4.79 Å². The third-order valence-electron chi connectivity index (χ3n) is 2.92. The summed E-state index contributed by atoms with van der Waals surface area (Å²) in [5.74, 6) is 0.427. The molecule has 1 rings (SSSR count). The second kappa shape index (κ2) is 6.62. The molecule has 0 radical (unpaired) electrons. The first kappa shape index (κ1) is 16.3. The zero-order chi connectivity index (χ0) is 14.6. The standard InChI is InChI=1S/C14H19BrClNO2/c1-9(13(18)17-14(3,4)10(2)15)19-12-7-5-6-11(16)8-12/h5-10H,1-4H3,(H,17,18). The first-order chi connectivity index (χ1) is 8.72. The van der Waals surface area contributed by atoms with Crippen LogP contribution in [0.2, 0.25) is 5.02 Å². The predicted molar refractivity (Wildman–Crippen MR) is 82.2 cm³/mol. The molecule has 1 amide bonds. The lowest BCUT2D eigenvalue weighted by molar-refractivity contribution is -0.128. The van der Waals surface area contributed by atoms with Gasteiger partial charge in [0.05, 0.1) is 0 Å². The molecule has 2 atom stereocenters. The molecule has 0 heterocycles. The van der Waals surface area contributed by atoms with Crippen LogP contribution in [0.25, 0.3) is 0 Å². The Labute approximate surface area is 127 Å². The fourth-order valence-electron chi connectivity index (χ4n) is 1.32. The summed E-state index contributed by atoms with van der Waals surface area (Å²) in [6.07, 6.45) is -0.580. The van der Waals surface area contributed by atoms with E-state index in [1.54, 1.807) is 31.2 Å². The van der Waals surface area contributed by atoms with Gasteiger partial charge in [-0.05, 0) is 39.0 Å². The SMILES string of the molecule is CC(Oc1cccc(Cl)c1)C(=O)NC(C)(C)C(C)Br. The van der Waals surface area contributed by atoms with E-state index < -0.39 is 6.10 Å². The van der Waals surface area contributed by atoms with Gasteiger partial charge in [0.2, 0.25) is 0 Å². The Kier molecular flexibility index (Phi) is 5.68. The molecule has 0 spiro atoms. The zero-order valence-electron chi connectivity index (χ0n) is 11.5. The van der Waals surface area contributed by atoms with E-state index in [1.807, 2.05) is 20.8 Å². The number of ether oxygens (including phenoxy) is 1. The molecule has 0 fully saturated rings. The van der Waals surface area contributed by atoms with Crippen molar-refractivity contribution >= 4 is 33.4 Å². The van der Waals surface area contributed by atoms with Gasteiger partial charge in [-0.15, -0.1) is 0 Å². The number of nitrogens with one attached hydrogen (secondary N) is 1. The Morgan fingerprint density at radius 3 is 2.58 bits per heavy atom. The number of hydrogen-bond donors (Lipinski definition) is 1. The third kappa shape index (κ3) is 5.03. The first-order valence-electron chi connectivity index (χ1n) is 6.10. The molecule has 1 aromatic carbocycles. The molecule has 19 heavy (non-hydrogen) atoms. The molecular formula is C14H19BrClNO2. The third-order valence-corrected chi connectivity index (χ3v) is 4.30. The molecule has 106 valence electrons. The molecule has 2 unspecified atom stereocenters. The number of benzene rings is 1. The summed E-state index contributed by atoms with van der Waals surface area (Å²) in [7, 11) is 0. The highest BCUT2D eigenvalue weighted by atomic mass is 79.9. The summed E-state index contributed by atoms with van der Waals surface area (Å²) in [6, 6.07) is 7.00. The van der Waals surface area contributed by atoms with Crippen molar-refractivity contribution in [3.8, 4) is 5.75 Å². The lowest BCUT2D eigenvalue weighted by Crippen LogP contribution is -2.52. The van der Waals surface area contributed by atoms with Crippen LogP contribution >= 0.6 is 27.5 Å². The van der Waals surface area contributed by atoms with Crippen LogP contribution < -0.4 is 10.1 Å². The highest BCUT2D eigenvalue weighted by molar-refractivity contribution is 9.09. The van der Waals surface area contributed by atoms with E-state index in [1.165, 1.54) is 0 Å². The number of carbonyl (C=O) groups is 1. The van der Waals surface area contributed by atoms with E-state index in [9.17, 15) is 4.79 Å². The Bertz CT molecular complexity index is 449. The number of rotatable bonds is 5. The number of amides is 1. The minimum Gasteiger partial charge on any atom is -0.481 e. The fraction of sp³-hybridized carbons (Fsp3) is 0.500. The van der Waals surface area contributed by atoms with Crippen molar-refractivity contribution in [2.24, 2.45) is 0 Å². The molecule has 0 aliphatic heterocycles. The summed E-state index contributed by atoms with van der Waals surface area (Å²) < 4.78 is 5.57. The number of carbonyl (C=O) groups excluding carboxylic acids is 1. The van der Waals surface area contributed by atoms with E-state index in [4.69, 9.17) is 16.3 Å². The molecule has 0 aromatic heterocycles.